The molecule has 0 fully saturated rings. The highest BCUT2D eigenvalue weighted by Gasteiger charge is 2.14. The van der Waals surface area contributed by atoms with E-state index >= 15 is 0 Å². The number of aryl methyl sites for hydroxylation is 2. The first-order valence-corrected chi connectivity index (χ1v) is 11.0. The van der Waals surface area contributed by atoms with Crippen molar-refractivity contribution in [2.24, 2.45) is 0 Å². The molecule has 0 bridgehead atoms. The number of nitrogens with one attached hydrogen (secondary N) is 2. The molecule has 3 rings (SSSR count). The molecule has 0 aliphatic carbocycles. The number of hydrogen-bond acceptors (Lipinski definition) is 4. The molecule has 0 saturated heterocycles. The molecular formula is C27H32N2O3. The number of rotatable bonds is 11. The van der Waals surface area contributed by atoms with Crippen molar-refractivity contribution in [3.05, 3.63) is 89.5 Å². The van der Waals surface area contributed by atoms with E-state index in [9.17, 15) is 4.79 Å². The first-order chi connectivity index (χ1) is 15.5. The predicted octanol–water partition coefficient (Wildman–Crippen LogP) is 5.13. The van der Waals surface area contributed by atoms with Gasteiger partial charge in [-0.25, -0.2) is 0 Å². The molecule has 1 amide bonds. The van der Waals surface area contributed by atoms with Crippen LogP contribution in [0, 0.1) is 6.92 Å². The summed E-state index contributed by atoms with van der Waals surface area (Å²) in [6.45, 7) is 4.72. The highest BCUT2D eigenvalue weighted by molar-refractivity contribution is 5.91. The number of ether oxygens (including phenoxy) is 2. The average molecular weight is 433 g/mol. The van der Waals surface area contributed by atoms with Gasteiger partial charge in [-0.2, -0.15) is 0 Å². The Hall–Kier alpha value is -3.31. The molecule has 0 aliphatic heterocycles. The minimum absolute atomic E-state index is 0.0924. The number of hydrogen-bond donors (Lipinski definition) is 2. The molecule has 0 saturated carbocycles. The first-order valence-electron chi connectivity index (χ1n) is 11.0. The van der Waals surface area contributed by atoms with E-state index in [0.717, 1.165) is 29.7 Å². The molecule has 0 aromatic heterocycles. The third-order valence-corrected chi connectivity index (χ3v) is 5.31. The van der Waals surface area contributed by atoms with Gasteiger partial charge >= 0.3 is 0 Å². The normalized spacial score (nSPS) is 11.6. The maximum Gasteiger partial charge on any atom is 0.262 e. The van der Waals surface area contributed by atoms with Gasteiger partial charge in [-0.1, -0.05) is 60.2 Å². The fourth-order valence-corrected chi connectivity index (χ4v) is 3.41. The summed E-state index contributed by atoms with van der Waals surface area (Å²) in [6.07, 6.45) is 2.05. The van der Waals surface area contributed by atoms with Crippen LogP contribution in [0.2, 0.25) is 0 Å². The second kappa shape index (κ2) is 11.9. The van der Waals surface area contributed by atoms with Crippen LogP contribution < -0.4 is 20.1 Å². The third kappa shape index (κ3) is 7.13. The molecule has 5 heteroatoms. The number of anilines is 1. The van der Waals surface area contributed by atoms with Crippen LogP contribution in [0.5, 0.6) is 11.5 Å². The standard InChI is InChI=1S/C27H32N2O3/c1-20-12-16-24(17-13-20)29-26(30)19-32-27-23(10-7-11-25(27)31-3)18-28-21(2)14-15-22-8-5-4-6-9-22/h4-13,16-17,21,28H,14-15,18-19H2,1-3H3,(H,29,30)/t21-/m1/s1. The number of carbonyl (C=O) groups excluding carboxylic acids is 1. The quantitative estimate of drug-likeness (QED) is 0.441. The van der Waals surface area contributed by atoms with E-state index in [2.05, 4.69) is 41.8 Å². The van der Waals surface area contributed by atoms with Gasteiger partial charge in [0.1, 0.15) is 0 Å². The van der Waals surface area contributed by atoms with E-state index in [0.29, 0.717) is 24.1 Å². The second-order valence-corrected chi connectivity index (χ2v) is 7.96. The van der Waals surface area contributed by atoms with Gasteiger partial charge in [0, 0.05) is 23.8 Å². The summed E-state index contributed by atoms with van der Waals surface area (Å²) in [5.41, 5.74) is 4.19. The first kappa shape index (κ1) is 23.4. The molecule has 32 heavy (non-hydrogen) atoms. The minimum atomic E-state index is -0.213. The molecule has 3 aromatic rings. The van der Waals surface area contributed by atoms with Gasteiger partial charge in [-0.15, -0.1) is 0 Å². The van der Waals surface area contributed by atoms with Crippen molar-refractivity contribution in [1.29, 1.82) is 0 Å². The summed E-state index contributed by atoms with van der Waals surface area (Å²) in [5.74, 6) is 0.996. The van der Waals surface area contributed by atoms with Crippen LogP contribution in [-0.2, 0) is 17.8 Å². The minimum Gasteiger partial charge on any atom is -0.493 e. The fourth-order valence-electron chi connectivity index (χ4n) is 3.41. The predicted molar refractivity (Wildman–Crippen MR) is 129 cm³/mol. The summed E-state index contributed by atoms with van der Waals surface area (Å²) in [5, 5.41) is 6.42. The van der Waals surface area contributed by atoms with Gasteiger partial charge < -0.3 is 20.1 Å². The lowest BCUT2D eigenvalue weighted by Gasteiger charge is -2.18. The largest absolute Gasteiger partial charge is 0.493 e. The molecule has 0 aliphatic rings. The van der Waals surface area contributed by atoms with E-state index in [4.69, 9.17) is 9.47 Å². The molecule has 2 N–H and O–H groups in total. The van der Waals surface area contributed by atoms with Crippen molar-refractivity contribution in [3.8, 4) is 11.5 Å². The summed E-state index contributed by atoms with van der Waals surface area (Å²) >= 11 is 0. The maximum absolute atomic E-state index is 12.4. The van der Waals surface area contributed by atoms with Gasteiger partial charge in [0.05, 0.1) is 7.11 Å². The Balaban J connectivity index is 1.56. The Kier molecular flexibility index (Phi) is 8.70. The van der Waals surface area contributed by atoms with Crippen LogP contribution in [0.1, 0.15) is 30.0 Å². The van der Waals surface area contributed by atoms with Gasteiger partial charge in [-0.3, -0.25) is 4.79 Å². The molecule has 1 atom stereocenters. The number of para-hydroxylation sites is 1. The van der Waals surface area contributed by atoms with Crippen molar-refractivity contribution >= 4 is 11.6 Å². The topological polar surface area (TPSA) is 59.6 Å². The fraction of sp³-hybridized carbons (Fsp3) is 0.296. The lowest BCUT2D eigenvalue weighted by atomic mass is 10.1. The molecule has 0 unspecified atom stereocenters. The highest BCUT2D eigenvalue weighted by atomic mass is 16.5. The van der Waals surface area contributed by atoms with Crippen molar-refractivity contribution < 1.29 is 14.3 Å². The van der Waals surface area contributed by atoms with Crippen LogP contribution in [0.25, 0.3) is 0 Å². The highest BCUT2D eigenvalue weighted by Crippen LogP contribution is 2.31. The molecule has 0 radical (unpaired) electrons. The number of benzene rings is 3. The summed E-state index contributed by atoms with van der Waals surface area (Å²) < 4.78 is 11.4. The van der Waals surface area contributed by atoms with Crippen molar-refractivity contribution in [2.45, 2.75) is 39.3 Å². The lowest BCUT2D eigenvalue weighted by molar-refractivity contribution is -0.118. The molecule has 3 aromatic carbocycles. The Morgan fingerprint density at radius 3 is 2.44 bits per heavy atom. The van der Waals surface area contributed by atoms with Crippen LogP contribution in [0.3, 0.4) is 0 Å². The van der Waals surface area contributed by atoms with Crippen molar-refractivity contribution in [1.82, 2.24) is 5.32 Å². The van der Waals surface area contributed by atoms with Crippen molar-refractivity contribution in [2.75, 3.05) is 19.0 Å². The van der Waals surface area contributed by atoms with E-state index < -0.39 is 0 Å². The smallest absolute Gasteiger partial charge is 0.262 e. The van der Waals surface area contributed by atoms with Gasteiger partial charge in [-0.05, 0) is 50.5 Å². The number of amides is 1. The van der Waals surface area contributed by atoms with E-state index in [1.54, 1.807) is 7.11 Å². The SMILES string of the molecule is COc1cccc(CN[C@H](C)CCc2ccccc2)c1OCC(=O)Nc1ccc(C)cc1. The van der Waals surface area contributed by atoms with Crippen molar-refractivity contribution in [3.63, 3.8) is 0 Å². The van der Waals surface area contributed by atoms with E-state index in [-0.39, 0.29) is 12.5 Å². The molecule has 168 valence electrons. The molecule has 5 nitrogen and oxygen atoms in total. The monoisotopic (exact) mass is 432 g/mol. The Labute approximate surface area is 190 Å². The van der Waals surface area contributed by atoms with Gasteiger partial charge in [0.15, 0.2) is 18.1 Å². The lowest BCUT2D eigenvalue weighted by Crippen LogP contribution is -2.26. The number of methoxy groups -OCH3 is 1. The van der Waals surface area contributed by atoms with Crippen LogP contribution in [0.15, 0.2) is 72.8 Å². The zero-order valence-corrected chi connectivity index (χ0v) is 19.1. The Morgan fingerprint density at radius 1 is 0.969 bits per heavy atom. The van der Waals surface area contributed by atoms with Gasteiger partial charge in [0.25, 0.3) is 5.91 Å². The second-order valence-electron chi connectivity index (χ2n) is 7.96. The zero-order valence-electron chi connectivity index (χ0n) is 19.1. The Morgan fingerprint density at radius 2 is 1.72 bits per heavy atom. The molecule has 0 spiro atoms. The zero-order chi connectivity index (χ0) is 22.8. The third-order valence-electron chi connectivity index (χ3n) is 5.31. The van der Waals surface area contributed by atoms with E-state index in [1.807, 2.05) is 55.5 Å². The van der Waals surface area contributed by atoms with Crippen LogP contribution in [0.4, 0.5) is 5.69 Å². The molecular weight excluding hydrogens is 400 g/mol. The molecule has 0 heterocycles. The number of carbonyl (C=O) groups is 1. The summed E-state index contributed by atoms with van der Waals surface area (Å²) in [6, 6.07) is 24.3. The van der Waals surface area contributed by atoms with Gasteiger partial charge in [0.2, 0.25) is 0 Å². The average Bonchev–Trinajstić information content (AvgIpc) is 2.82. The van der Waals surface area contributed by atoms with Crippen LogP contribution in [-0.4, -0.2) is 25.7 Å². The summed E-state index contributed by atoms with van der Waals surface area (Å²) in [4.78, 5) is 12.4. The van der Waals surface area contributed by atoms with E-state index in [1.165, 1.54) is 5.56 Å². The van der Waals surface area contributed by atoms with Crippen LogP contribution >= 0.6 is 0 Å². The maximum atomic E-state index is 12.4. The summed E-state index contributed by atoms with van der Waals surface area (Å²) in [7, 11) is 1.61. The Bertz CT molecular complexity index is 988.